The molecule has 1 N–H and O–H groups in total. The number of hydrogen-bond donors (Lipinski definition) is 1. The van der Waals surface area contributed by atoms with Gasteiger partial charge in [-0.2, -0.15) is 0 Å². The lowest BCUT2D eigenvalue weighted by atomic mass is 9.60. The molecule has 180 valence electrons. The lowest BCUT2D eigenvalue weighted by Gasteiger charge is -2.41. The van der Waals surface area contributed by atoms with Gasteiger partial charge in [-0.05, 0) is 56.4 Å². The number of carbonyl (C=O) groups is 4. The number of phenols is 1. The van der Waals surface area contributed by atoms with Gasteiger partial charge in [0.1, 0.15) is 0 Å². The van der Waals surface area contributed by atoms with Crippen molar-refractivity contribution >= 4 is 29.5 Å². The molecule has 3 aliphatic carbocycles. The topological polar surface area (TPSA) is 101 Å². The first-order valence-corrected chi connectivity index (χ1v) is 11.9. The Bertz CT molecular complexity index is 1300. The molecule has 0 aromatic heterocycles. The summed E-state index contributed by atoms with van der Waals surface area (Å²) in [5.74, 6) is -2.09. The Balaban J connectivity index is 1.61. The molecule has 5 rings (SSSR count). The molecule has 1 aromatic rings. The summed E-state index contributed by atoms with van der Waals surface area (Å²) in [6, 6.07) is 4.94. The quantitative estimate of drug-likeness (QED) is 0.409. The number of aromatic hydroxyl groups is 1. The first-order valence-electron chi connectivity index (χ1n) is 11.9. The molecule has 1 fully saturated rings. The monoisotopic (exact) mass is 473 g/mol. The number of allylic oxidation sites excluding steroid dienone is 7. The van der Waals surface area contributed by atoms with E-state index in [0.717, 1.165) is 11.1 Å². The third-order valence-corrected chi connectivity index (χ3v) is 7.71. The molecule has 1 aromatic carbocycles. The molecular weight excluding hydrogens is 446 g/mol. The van der Waals surface area contributed by atoms with Crippen LogP contribution in [0.15, 0.2) is 58.7 Å². The minimum atomic E-state index is -0.518. The highest BCUT2D eigenvalue weighted by Crippen LogP contribution is 2.52. The lowest BCUT2D eigenvalue weighted by molar-refractivity contribution is -0.139. The standard InChI is InChI=1S/C28H27NO6/c1-4-29-27(33)18-9-8-16-17(7-5-15-6-10-21(30)23(12-15)35-3)24-20(13-19(16)25(18)28(29)34)22(31)11-14(2)26(24)32/h5-8,10-12,17-19,25,30H,4,9,13H2,1-3H3. The summed E-state index contributed by atoms with van der Waals surface area (Å²) in [7, 11) is 1.47. The molecule has 7 nitrogen and oxygen atoms in total. The van der Waals surface area contributed by atoms with Crippen molar-refractivity contribution in [3.8, 4) is 11.5 Å². The molecule has 4 unspecified atom stereocenters. The van der Waals surface area contributed by atoms with Gasteiger partial charge in [-0.15, -0.1) is 0 Å². The lowest BCUT2D eigenvalue weighted by Crippen LogP contribution is -2.40. The predicted octanol–water partition coefficient (Wildman–Crippen LogP) is 3.40. The maximum Gasteiger partial charge on any atom is 0.233 e. The van der Waals surface area contributed by atoms with Gasteiger partial charge in [0.25, 0.3) is 0 Å². The zero-order chi connectivity index (χ0) is 25.0. The fourth-order valence-electron chi connectivity index (χ4n) is 6.02. The summed E-state index contributed by atoms with van der Waals surface area (Å²) in [5, 5.41) is 9.91. The minimum absolute atomic E-state index is 0.0205. The SMILES string of the molecule is CCN1C(=O)C2CC=C3C(C=Cc4ccc(O)c(OC)c4)C4=C(CC3C2C1=O)C(=O)C=C(C)C4=O. The molecule has 0 spiro atoms. The van der Waals surface area contributed by atoms with Gasteiger partial charge >= 0.3 is 0 Å². The Morgan fingerprint density at radius 1 is 1.14 bits per heavy atom. The van der Waals surface area contributed by atoms with Crippen LogP contribution in [0, 0.1) is 23.7 Å². The number of phenolic OH excluding ortho intramolecular Hbond substituents is 1. The Morgan fingerprint density at radius 2 is 1.91 bits per heavy atom. The summed E-state index contributed by atoms with van der Waals surface area (Å²) < 4.78 is 5.20. The molecule has 1 saturated heterocycles. The molecule has 4 atom stereocenters. The number of benzene rings is 1. The number of rotatable bonds is 4. The second kappa shape index (κ2) is 8.48. The fourth-order valence-corrected chi connectivity index (χ4v) is 6.02. The highest BCUT2D eigenvalue weighted by atomic mass is 16.5. The number of likely N-dealkylation sites (tertiary alicyclic amines) is 1. The Morgan fingerprint density at radius 3 is 2.63 bits per heavy atom. The number of methoxy groups -OCH3 is 1. The van der Waals surface area contributed by atoms with E-state index in [0.29, 0.717) is 35.4 Å². The molecule has 2 amide bonds. The molecule has 4 aliphatic rings. The summed E-state index contributed by atoms with van der Waals surface area (Å²) in [4.78, 5) is 53.7. The number of fused-ring (bicyclic) bond motifs is 3. The largest absolute Gasteiger partial charge is 0.504 e. The van der Waals surface area contributed by atoms with E-state index in [2.05, 4.69) is 0 Å². The number of carbonyl (C=O) groups excluding carboxylic acids is 4. The Labute approximate surface area is 203 Å². The van der Waals surface area contributed by atoms with E-state index in [4.69, 9.17) is 4.74 Å². The van der Waals surface area contributed by atoms with E-state index < -0.39 is 17.8 Å². The van der Waals surface area contributed by atoms with Crippen LogP contribution < -0.4 is 4.74 Å². The van der Waals surface area contributed by atoms with Crippen molar-refractivity contribution in [3.63, 3.8) is 0 Å². The number of Topliss-reactive ketones (excluding diaryl/α,β-unsaturated/α-hetero) is 1. The van der Waals surface area contributed by atoms with Crippen LogP contribution in [0.25, 0.3) is 6.08 Å². The van der Waals surface area contributed by atoms with Gasteiger partial charge in [0, 0.05) is 29.2 Å². The third-order valence-electron chi connectivity index (χ3n) is 7.71. The predicted molar refractivity (Wildman–Crippen MR) is 128 cm³/mol. The van der Waals surface area contributed by atoms with Gasteiger partial charge in [0.05, 0.1) is 18.9 Å². The van der Waals surface area contributed by atoms with Gasteiger partial charge < -0.3 is 9.84 Å². The van der Waals surface area contributed by atoms with Crippen LogP contribution in [0.2, 0.25) is 0 Å². The zero-order valence-electron chi connectivity index (χ0n) is 19.9. The van der Waals surface area contributed by atoms with Crippen LogP contribution in [0.3, 0.4) is 0 Å². The van der Waals surface area contributed by atoms with E-state index in [1.807, 2.05) is 18.2 Å². The average molecular weight is 474 g/mol. The molecule has 0 radical (unpaired) electrons. The number of imide groups is 1. The number of nitrogens with zero attached hydrogens (tertiary/aromatic N) is 1. The Kier molecular flexibility index (Phi) is 5.58. The van der Waals surface area contributed by atoms with Gasteiger partial charge in [-0.25, -0.2) is 0 Å². The Hall–Kier alpha value is -3.74. The first-order chi connectivity index (χ1) is 16.8. The first kappa shape index (κ1) is 23.0. The van der Waals surface area contributed by atoms with Crippen molar-refractivity contribution in [1.82, 2.24) is 4.90 Å². The van der Waals surface area contributed by atoms with Crippen molar-refractivity contribution < 1.29 is 29.0 Å². The van der Waals surface area contributed by atoms with Crippen LogP contribution in [0.5, 0.6) is 11.5 Å². The summed E-state index contributed by atoms with van der Waals surface area (Å²) >= 11 is 0. The van der Waals surface area contributed by atoms with E-state index in [1.165, 1.54) is 24.2 Å². The summed E-state index contributed by atoms with van der Waals surface area (Å²) in [6.45, 7) is 3.76. The zero-order valence-corrected chi connectivity index (χ0v) is 19.9. The second-order valence-electron chi connectivity index (χ2n) is 9.48. The highest BCUT2D eigenvalue weighted by molar-refractivity contribution is 6.23. The molecule has 0 saturated carbocycles. The number of ketones is 2. The molecule has 0 bridgehead atoms. The van der Waals surface area contributed by atoms with Crippen molar-refractivity contribution in [2.45, 2.75) is 26.7 Å². The normalized spacial score (nSPS) is 28.1. The minimum Gasteiger partial charge on any atom is -0.504 e. The van der Waals surface area contributed by atoms with Crippen LogP contribution in [-0.4, -0.2) is 47.0 Å². The third kappa shape index (κ3) is 3.49. The number of hydrogen-bond acceptors (Lipinski definition) is 6. The summed E-state index contributed by atoms with van der Waals surface area (Å²) in [6.07, 6.45) is 7.80. The van der Waals surface area contributed by atoms with E-state index in [9.17, 15) is 24.3 Å². The van der Waals surface area contributed by atoms with E-state index >= 15 is 0 Å². The van der Waals surface area contributed by atoms with Crippen LogP contribution in [-0.2, 0) is 19.2 Å². The smallest absolute Gasteiger partial charge is 0.233 e. The van der Waals surface area contributed by atoms with Crippen LogP contribution in [0.1, 0.15) is 32.3 Å². The van der Waals surface area contributed by atoms with Gasteiger partial charge in [-0.1, -0.05) is 29.9 Å². The molecule has 1 aliphatic heterocycles. The van der Waals surface area contributed by atoms with E-state index in [1.54, 1.807) is 26.0 Å². The van der Waals surface area contributed by atoms with Gasteiger partial charge in [-0.3, -0.25) is 24.1 Å². The number of ether oxygens (including phenoxy) is 1. The average Bonchev–Trinajstić information content (AvgIpc) is 3.10. The maximum atomic E-state index is 13.3. The maximum absolute atomic E-state index is 13.3. The highest BCUT2D eigenvalue weighted by Gasteiger charge is 2.55. The molecular formula is C28H27NO6. The molecule has 7 heteroatoms. The van der Waals surface area contributed by atoms with Gasteiger partial charge in [0.15, 0.2) is 23.1 Å². The van der Waals surface area contributed by atoms with Crippen LogP contribution >= 0.6 is 0 Å². The summed E-state index contributed by atoms with van der Waals surface area (Å²) in [5.41, 5.74) is 2.97. The van der Waals surface area contributed by atoms with Gasteiger partial charge in [0.2, 0.25) is 11.8 Å². The van der Waals surface area contributed by atoms with Crippen molar-refractivity contribution in [3.05, 3.63) is 64.3 Å². The van der Waals surface area contributed by atoms with Crippen LogP contribution in [0.4, 0.5) is 0 Å². The second-order valence-corrected chi connectivity index (χ2v) is 9.48. The van der Waals surface area contributed by atoms with E-state index in [-0.39, 0.29) is 41.5 Å². The van der Waals surface area contributed by atoms with Crippen molar-refractivity contribution in [2.24, 2.45) is 23.7 Å². The molecule has 1 heterocycles. The van der Waals surface area contributed by atoms with Crippen molar-refractivity contribution in [2.75, 3.05) is 13.7 Å². The van der Waals surface area contributed by atoms with Crippen molar-refractivity contribution in [1.29, 1.82) is 0 Å². The number of amides is 2. The molecule has 35 heavy (non-hydrogen) atoms. The fraction of sp³-hybridized carbons (Fsp3) is 0.357.